The van der Waals surface area contributed by atoms with Gasteiger partial charge < -0.3 is 19.3 Å². The van der Waals surface area contributed by atoms with Crippen LogP contribution in [0.3, 0.4) is 0 Å². The maximum absolute atomic E-state index is 12.5. The van der Waals surface area contributed by atoms with Crippen molar-refractivity contribution in [3.63, 3.8) is 0 Å². The van der Waals surface area contributed by atoms with E-state index in [0.717, 1.165) is 0 Å². The van der Waals surface area contributed by atoms with Crippen molar-refractivity contribution in [3.8, 4) is 0 Å². The predicted molar refractivity (Wildman–Crippen MR) is 73.2 cm³/mol. The Labute approximate surface area is 120 Å². The summed E-state index contributed by atoms with van der Waals surface area (Å²) in [5.41, 5.74) is -0.360. The van der Waals surface area contributed by atoms with Crippen LogP contribution in [-0.4, -0.2) is 73.2 Å². The fraction of sp³-hybridized carbons (Fsp3) is 0.857. The number of hydrogen-bond acceptors (Lipinski definition) is 4. The minimum Gasteiger partial charge on any atom is -0.382 e. The molecule has 6 heteroatoms. The molecule has 2 rings (SSSR count). The Morgan fingerprint density at radius 2 is 1.90 bits per heavy atom. The summed E-state index contributed by atoms with van der Waals surface area (Å²) in [5.74, 6) is 0.101. The molecule has 0 aromatic carbocycles. The Kier molecular flexibility index (Phi) is 4.34. The van der Waals surface area contributed by atoms with Crippen molar-refractivity contribution in [1.29, 1.82) is 0 Å². The number of hydrogen-bond donors (Lipinski definition) is 0. The first kappa shape index (κ1) is 15.3. The molecule has 0 radical (unpaired) electrons. The van der Waals surface area contributed by atoms with Gasteiger partial charge in [0, 0.05) is 40.2 Å². The van der Waals surface area contributed by atoms with E-state index in [2.05, 4.69) is 0 Å². The maximum Gasteiger partial charge on any atom is 0.229 e. The normalized spacial score (nSPS) is 26.3. The standard InChI is InChI=1S/C14H24N2O4/c1-10(17)15-5-11(6-15)13(18)16-7-12(8-19-4)20-14(2,3)9-16/h11-12H,5-9H2,1-4H3. The molecule has 6 nitrogen and oxygen atoms in total. The Morgan fingerprint density at radius 3 is 2.45 bits per heavy atom. The lowest BCUT2D eigenvalue weighted by Crippen LogP contribution is -2.61. The molecule has 2 aliphatic rings. The summed E-state index contributed by atoms with van der Waals surface area (Å²) in [6.07, 6.45) is -0.0864. The van der Waals surface area contributed by atoms with Crippen LogP contribution < -0.4 is 0 Å². The monoisotopic (exact) mass is 284 g/mol. The molecule has 2 amide bonds. The number of amides is 2. The Hall–Kier alpha value is -1.14. The minimum absolute atomic E-state index is 0.0358. The van der Waals surface area contributed by atoms with E-state index in [-0.39, 0.29) is 29.4 Å². The van der Waals surface area contributed by atoms with E-state index in [1.807, 2.05) is 18.7 Å². The van der Waals surface area contributed by atoms with Crippen molar-refractivity contribution in [2.24, 2.45) is 5.92 Å². The van der Waals surface area contributed by atoms with E-state index in [9.17, 15) is 9.59 Å². The summed E-state index contributed by atoms with van der Waals surface area (Å²) in [5, 5.41) is 0. The molecule has 1 unspecified atom stereocenters. The molecule has 20 heavy (non-hydrogen) atoms. The molecule has 2 saturated heterocycles. The van der Waals surface area contributed by atoms with Gasteiger partial charge in [0.05, 0.1) is 24.2 Å². The van der Waals surface area contributed by atoms with Crippen LogP contribution in [0.2, 0.25) is 0 Å². The predicted octanol–water partition coefficient (Wildman–Crippen LogP) is 0.117. The SMILES string of the molecule is COCC1CN(C(=O)C2CN(C(C)=O)C2)CC(C)(C)O1. The summed E-state index contributed by atoms with van der Waals surface area (Å²) in [7, 11) is 1.63. The maximum atomic E-state index is 12.5. The highest BCUT2D eigenvalue weighted by Gasteiger charge is 2.41. The Bertz CT molecular complexity index is 391. The van der Waals surface area contributed by atoms with Crippen LogP contribution in [0.4, 0.5) is 0 Å². The van der Waals surface area contributed by atoms with Gasteiger partial charge in [-0.05, 0) is 13.8 Å². The molecular weight excluding hydrogens is 260 g/mol. The van der Waals surface area contributed by atoms with E-state index in [1.54, 1.807) is 12.0 Å². The quantitative estimate of drug-likeness (QED) is 0.738. The number of morpholine rings is 1. The number of methoxy groups -OCH3 is 1. The molecule has 0 bridgehead atoms. The zero-order valence-corrected chi connectivity index (χ0v) is 12.7. The molecule has 0 saturated carbocycles. The average Bonchev–Trinajstić information content (AvgIpc) is 2.24. The third-order valence-electron chi connectivity index (χ3n) is 3.82. The zero-order chi connectivity index (χ0) is 14.9. The van der Waals surface area contributed by atoms with Crippen molar-refractivity contribution in [2.45, 2.75) is 32.5 Å². The third kappa shape index (κ3) is 3.30. The van der Waals surface area contributed by atoms with Crippen molar-refractivity contribution in [1.82, 2.24) is 9.80 Å². The second kappa shape index (κ2) is 5.69. The van der Waals surface area contributed by atoms with Crippen molar-refractivity contribution >= 4 is 11.8 Å². The molecule has 0 spiro atoms. The van der Waals surface area contributed by atoms with Gasteiger partial charge >= 0.3 is 0 Å². The fourth-order valence-electron chi connectivity index (χ4n) is 2.89. The molecule has 2 fully saturated rings. The van der Waals surface area contributed by atoms with Gasteiger partial charge in [0.15, 0.2) is 0 Å². The highest BCUT2D eigenvalue weighted by Crippen LogP contribution is 2.25. The van der Waals surface area contributed by atoms with Crippen LogP contribution in [0.5, 0.6) is 0 Å². The number of rotatable bonds is 3. The van der Waals surface area contributed by atoms with Crippen molar-refractivity contribution < 1.29 is 19.1 Å². The highest BCUT2D eigenvalue weighted by atomic mass is 16.5. The van der Waals surface area contributed by atoms with Crippen molar-refractivity contribution in [2.75, 3.05) is 39.9 Å². The van der Waals surface area contributed by atoms with Gasteiger partial charge in [-0.2, -0.15) is 0 Å². The highest BCUT2D eigenvalue weighted by molar-refractivity contribution is 5.83. The lowest BCUT2D eigenvalue weighted by molar-refractivity contribution is -0.175. The topological polar surface area (TPSA) is 59.1 Å². The Morgan fingerprint density at radius 1 is 1.25 bits per heavy atom. The summed E-state index contributed by atoms with van der Waals surface area (Å²) >= 11 is 0. The van der Waals surface area contributed by atoms with Crippen molar-refractivity contribution in [3.05, 3.63) is 0 Å². The molecule has 2 heterocycles. The Balaban J connectivity index is 1.94. The first-order chi connectivity index (χ1) is 9.32. The largest absolute Gasteiger partial charge is 0.382 e. The molecular formula is C14H24N2O4. The van der Waals surface area contributed by atoms with Crippen LogP contribution in [0.15, 0.2) is 0 Å². The molecule has 0 aliphatic carbocycles. The number of carbonyl (C=O) groups is 2. The first-order valence-corrected chi connectivity index (χ1v) is 7.03. The van der Waals surface area contributed by atoms with Crippen LogP contribution in [0.1, 0.15) is 20.8 Å². The first-order valence-electron chi connectivity index (χ1n) is 7.03. The minimum atomic E-state index is -0.360. The van der Waals surface area contributed by atoms with E-state index in [1.165, 1.54) is 6.92 Å². The van der Waals surface area contributed by atoms with Crippen LogP contribution >= 0.6 is 0 Å². The average molecular weight is 284 g/mol. The second-order valence-electron chi connectivity index (χ2n) is 6.29. The second-order valence-corrected chi connectivity index (χ2v) is 6.29. The molecule has 0 N–H and O–H groups in total. The number of likely N-dealkylation sites (tertiary alicyclic amines) is 1. The third-order valence-corrected chi connectivity index (χ3v) is 3.82. The van der Waals surface area contributed by atoms with E-state index in [0.29, 0.717) is 32.8 Å². The lowest BCUT2D eigenvalue weighted by atomic mass is 9.96. The lowest BCUT2D eigenvalue weighted by Gasteiger charge is -2.46. The van der Waals surface area contributed by atoms with Gasteiger partial charge in [-0.1, -0.05) is 0 Å². The number of carbonyl (C=O) groups excluding carboxylic acids is 2. The van der Waals surface area contributed by atoms with Crippen LogP contribution in [0.25, 0.3) is 0 Å². The molecule has 1 atom stereocenters. The van der Waals surface area contributed by atoms with Gasteiger partial charge in [-0.3, -0.25) is 9.59 Å². The zero-order valence-electron chi connectivity index (χ0n) is 12.7. The number of nitrogens with zero attached hydrogens (tertiary/aromatic N) is 2. The summed E-state index contributed by atoms with van der Waals surface area (Å²) in [6, 6.07) is 0. The van der Waals surface area contributed by atoms with E-state index >= 15 is 0 Å². The molecule has 0 aromatic rings. The summed E-state index contributed by atoms with van der Waals surface area (Å²) in [4.78, 5) is 27.2. The fourth-order valence-corrected chi connectivity index (χ4v) is 2.89. The van der Waals surface area contributed by atoms with E-state index in [4.69, 9.17) is 9.47 Å². The summed E-state index contributed by atoms with van der Waals surface area (Å²) in [6.45, 7) is 8.22. The van der Waals surface area contributed by atoms with Gasteiger partial charge in [-0.25, -0.2) is 0 Å². The number of ether oxygens (including phenoxy) is 2. The van der Waals surface area contributed by atoms with Gasteiger partial charge in [-0.15, -0.1) is 0 Å². The van der Waals surface area contributed by atoms with E-state index < -0.39 is 0 Å². The summed E-state index contributed by atoms with van der Waals surface area (Å²) < 4.78 is 11.0. The molecule has 0 aromatic heterocycles. The van der Waals surface area contributed by atoms with Gasteiger partial charge in [0.1, 0.15) is 0 Å². The molecule has 2 aliphatic heterocycles. The molecule has 114 valence electrons. The van der Waals surface area contributed by atoms with Crippen LogP contribution in [0, 0.1) is 5.92 Å². The van der Waals surface area contributed by atoms with Gasteiger partial charge in [0.2, 0.25) is 11.8 Å². The van der Waals surface area contributed by atoms with Gasteiger partial charge in [0.25, 0.3) is 0 Å². The van der Waals surface area contributed by atoms with Crippen LogP contribution in [-0.2, 0) is 19.1 Å². The smallest absolute Gasteiger partial charge is 0.229 e.